The van der Waals surface area contributed by atoms with Gasteiger partial charge in [0.25, 0.3) is 5.91 Å². The quantitative estimate of drug-likeness (QED) is 0.377. The van der Waals surface area contributed by atoms with Crippen molar-refractivity contribution >= 4 is 11.9 Å². The first-order valence-corrected chi connectivity index (χ1v) is 9.10. The summed E-state index contributed by atoms with van der Waals surface area (Å²) < 4.78 is 18.5. The van der Waals surface area contributed by atoms with Crippen LogP contribution < -0.4 is 16.0 Å². The van der Waals surface area contributed by atoms with E-state index in [1.807, 2.05) is 13.8 Å². The van der Waals surface area contributed by atoms with Gasteiger partial charge in [-0.2, -0.15) is 0 Å². The van der Waals surface area contributed by atoms with Gasteiger partial charge in [0.15, 0.2) is 11.7 Å². The number of halogens is 1. The molecule has 7 heteroatoms. The third kappa shape index (κ3) is 6.44. The lowest BCUT2D eigenvalue weighted by molar-refractivity contribution is 0.0925. The Morgan fingerprint density at radius 3 is 2.56 bits per heavy atom. The van der Waals surface area contributed by atoms with Gasteiger partial charge in [-0.05, 0) is 50.5 Å². The Balaban J connectivity index is 1.76. The largest absolute Gasteiger partial charge is 0.459 e. The topological polar surface area (TPSA) is 78.7 Å². The van der Waals surface area contributed by atoms with Crippen LogP contribution in [0.15, 0.2) is 39.9 Å². The second-order valence-corrected chi connectivity index (χ2v) is 6.25. The minimum atomic E-state index is -0.209. The summed E-state index contributed by atoms with van der Waals surface area (Å²) in [6.45, 7) is 7.96. The van der Waals surface area contributed by atoms with Crippen molar-refractivity contribution in [2.24, 2.45) is 4.99 Å². The van der Waals surface area contributed by atoms with Gasteiger partial charge in [0.2, 0.25) is 0 Å². The number of nitrogens with one attached hydrogen (secondary N) is 3. The van der Waals surface area contributed by atoms with E-state index >= 15 is 0 Å². The predicted molar refractivity (Wildman–Crippen MR) is 104 cm³/mol. The standard InChI is InChI=1S/C20H27FN4O2/c1-4-22-20(25-13-16-6-7-17(21)15(3)12-16)24-10-5-9-23-19(26)18-14(2)8-11-27-18/h6-8,11-12H,4-5,9-10,13H2,1-3H3,(H,23,26)(H2,22,24,25). The van der Waals surface area contributed by atoms with Crippen molar-refractivity contribution in [3.63, 3.8) is 0 Å². The number of carbonyl (C=O) groups excluding carboxylic acids is 1. The van der Waals surface area contributed by atoms with E-state index in [9.17, 15) is 9.18 Å². The first-order chi connectivity index (χ1) is 13.0. The van der Waals surface area contributed by atoms with E-state index in [0.29, 0.717) is 36.9 Å². The Kier molecular flexibility index (Phi) is 7.85. The van der Waals surface area contributed by atoms with Crippen LogP contribution in [0.1, 0.15) is 40.6 Å². The second-order valence-electron chi connectivity index (χ2n) is 6.25. The van der Waals surface area contributed by atoms with Gasteiger partial charge in [-0.3, -0.25) is 4.79 Å². The van der Waals surface area contributed by atoms with Crippen molar-refractivity contribution in [3.05, 3.63) is 58.8 Å². The van der Waals surface area contributed by atoms with Crippen molar-refractivity contribution in [2.75, 3.05) is 19.6 Å². The monoisotopic (exact) mass is 374 g/mol. The van der Waals surface area contributed by atoms with E-state index in [2.05, 4.69) is 20.9 Å². The van der Waals surface area contributed by atoms with Gasteiger partial charge in [-0.25, -0.2) is 9.38 Å². The second kappa shape index (κ2) is 10.4. The molecule has 0 radical (unpaired) electrons. The zero-order valence-electron chi connectivity index (χ0n) is 16.1. The minimum Gasteiger partial charge on any atom is -0.459 e. The highest BCUT2D eigenvalue weighted by molar-refractivity contribution is 5.92. The van der Waals surface area contributed by atoms with Crippen molar-refractivity contribution < 1.29 is 13.6 Å². The van der Waals surface area contributed by atoms with E-state index in [1.165, 1.54) is 12.3 Å². The van der Waals surface area contributed by atoms with E-state index in [0.717, 1.165) is 24.1 Å². The molecule has 0 saturated heterocycles. The van der Waals surface area contributed by atoms with Gasteiger partial charge >= 0.3 is 0 Å². The normalized spacial score (nSPS) is 11.3. The first-order valence-electron chi connectivity index (χ1n) is 9.10. The highest BCUT2D eigenvalue weighted by Gasteiger charge is 2.11. The van der Waals surface area contributed by atoms with Crippen LogP contribution in [0.2, 0.25) is 0 Å². The molecule has 2 aromatic rings. The molecule has 2 rings (SSSR count). The van der Waals surface area contributed by atoms with Crippen molar-refractivity contribution in [1.82, 2.24) is 16.0 Å². The predicted octanol–water partition coefficient (Wildman–Crippen LogP) is 2.91. The fourth-order valence-electron chi connectivity index (χ4n) is 2.50. The molecule has 0 unspecified atom stereocenters. The average Bonchev–Trinajstić information content (AvgIpc) is 3.08. The molecular formula is C20H27FN4O2. The van der Waals surface area contributed by atoms with Crippen LogP contribution in [0, 0.1) is 19.7 Å². The van der Waals surface area contributed by atoms with Gasteiger partial charge in [0.05, 0.1) is 12.8 Å². The lowest BCUT2D eigenvalue weighted by atomic mass is 10.1. The Bertz CT molecular complexity index is 786. The lowest BCUT2D eigenvalue weighted by Gasteiger charge is -2.11. The molecule has 3 N–H and O–H groups in total. The highest BCUT2D eigenvalue weighted by atomic mass is 19.1. The van der Waals surface area contributed by atoms with Crippen LogP contribution in [0.5, 0.6) is 0 Å². The summed E-state index contributed by atoms with van der Waals surface area (Å²) in [6.07, 6.45) is 2.25. The van der Waals surface area contributed by atoms with Gasteiger partial charge in [-0.1, -0.05) is 12.1 Å². The SMILES string of the molecule is CCNC(=NCc1ccc(F)c(C)c1)NCCCNC(=O)c1occc1C. The van der Waals surface area contributed by atoms with Crippen LogP contribution in [0.4, 0.5) is 4.39 Å². The van der Waals surface area contributed by atoms with E-state index < -0.39 is 0 Å². The molecule has 0 aliphatic carbocycles. The number of amides is 1. The summed E-state index contributed by atoms with van der Waals surface area (Å²) in [5, 5.41) is 9.23. The molecular weight excluding hydrogens is 347 g/mol. The number of nitrogens with zero attached hydrogens (tertiary/aromatic N) is 1. The molecule has 146 valence electrons. The summed E-state index contributed by atoms with van der Waals surface area (Å²) in [4.78, 5) is 16.5. The molecule has 27 heavy (non-hydrogen) atoms. The molecule has 0 aliphatic rings. The maximum atomic E-state index is 13.3. The summed E-state index contributed by atoms with van der Waals surface area (Å²) in [7, 11) is 0. The third-order valence-electron chi connectivity index (χ3n) is 3.99. The average molecular weight is 374 g/mol. The van der Waals surface area contributed by atoms with Crippen molar-refractivity contribution in [3.8, 4) is 0 Å². The van der Waals surface area contributed by atoms with Gasteiger partial charge in [0, 0.05) is 25.2 Å². The first kappa shape index (κ1) is 20.5. The zero-order chi connectivity index (χ0) is 19.6. The van der Waals surface area contributed by atoms with E-state index in [4.69, 9.17) is 4.42 Å². The maximum absolute atomic E-state index is 13.3. The number of carbonyl (C=O) groups is 1. The molecule has 0 aliphatic heterocycles. The van der Waals surface area contributed by atoms with Crippen molar-refractivity contribution in [2.45, 2.75) is 33.7 Å². The molecule has 1 aromatic carbocycles. The molecule has 6 nitrogen and oxygen atoms in total. The van der Waals surface area contributed by atoms with Crippen LogP contribution in [0.25, 0.3) is 0 Å². The third-order valence-corrected chi connectivity index (χ3v) is 3.99. The number of hydrogen-bond donors (Lipinski definition) is 3. The Hall–Kier alpha value is -2.83. The number of rotatable bonds is 8. The van der Waals surface area contributed by atoms with Gasteiger partial charge < -0.3 is 20.4 Å². The van der Waals surface area contributed by atoms with Crippen LogP contribution in [-0.2, 0) is 6.54 Å². The van der Waals surface area contributed by atoms with Crippen LogP contribution in [-0.4, -0.2) is 31.5 Å². The Morgan fingerprint density at radius 2 is 1.89 bits per heavy atom. The summed E-state index contributed by atoms with van der Waals surface area (Å²) in [6, 6.07) is 6.76. The number of guanidine groups is 1. The fraction of sp³-hybridized carbons (Fsp3) is 0.400. The number of furan rings is 1. The zero-order valence-corrected chi connectivity index (χ0v) is 16.1. The molecule has 0 bridgehead atoms. The molecule has 0 saturated carbocycles. The molecule has 0 spiro atoms. The number of aliphatic imine (C=N–C) groups is 1. The van der Waals surface area contributed by atoms with Crippen LogP contribution >= 0.6 is 0 Å². The molecule has 0 fully saturated rings. The lowest BCUT2D eigenvalue weighted by Crippen LogP contribution is -2.38. The maximum Gasteiger partial charge on any atom is 0.287 e. The number of aryl methyl sites for hydroxylation is 2. The van der Waals surface area contributed by atoms with E-state index in [1.54, 1.807) is 25.1 Å². The summed E-state index contributed by atoms with van der Waals surface area (Å²) >= 11 is 0. The smallest absolute Gasteiger partial charge is 0.287 e. The fourth-order valence-corrected chi connectivity index (χ4v) is 2.50. The van der Waals surface area contributed by atoms with Gasteiger partial charge in [0.1, 0.15) is 5.82 Å². The number of benzene rings is 1. The molecule has 1 heterocycles. The molecule has 1 aromatic heterocycles. The summed E-state index contributed by atoms with van der Waals surface area (Å²) in [5.74, 6) is 0.629. The molecule has 0 atom stereocenters. The van der Waals surface area contributed by atoms with Crippen molar-refractivity contribution in [1.29, 1.82) is 0 Å². The number of hydrogen-bond acceptors (Lipinski definition) is 3. The Labute approximate surface area is 159 Å². The highest BCUT2D eigenvalue weighted by Crippen LogP contribution is 2.10. The minimum absolute atomic E-state index is 0.204. The van der Waals surface area contributed by atoms with E-state index in [-0.39, 0.29) is 11.7 Å². The Morgan fingerprint density at radius 1 is 1.11 bits per heavy atom. The summed E-state index contributed by atoms with van der Waals surface area (Å²) in [5.41, 5.74) is 2.39. The van der Waals surface area contributed by atoms with Gasteiger partial charge in [-0.15, -0.1) is 0 Å². The van der Waals surface area contributed by atoms with Crippen LogP contribution in [0.3, 0.4) is 0 Å². The molecule has 1 amide bonds.